The number of aryl methyl sites for hydroxylation is 1. The van der Waals surface area contributed by atoms with Crippen LogP contribution in [0, 0.1) is 5.92 Å². The monoisotopic (exact) mass is 222 g/mol. The number of nitrogens with zero attached hydrogens (tertiary/aromatic N) is 1. The Hall–Kier alpha value is -1.25. The summed E-state index contributed by atoms with van der Waals surface area (Å²) in [5.41, 5.74) is 5.78. The lowest BCUT2D eigenvalue weighted by molar-refractivity contribution is 0.100. The minimum Gasteiger partial charge on any atom is -0.366 e. The van der Waals surface area contributed by atoms with Gasteiger partial charge in [-0.1, -0.05) is 33.1 Å². The first-order valence-electron chi connectivity index (χ1n) is 6.05. The van der Waals surface area contributed by atoms with Gasteiger partial charge in [-0.2, -0.15) is 0 Å². The number of amides is 1. The Labute approximate surface area is 97.6 Å². The van der Waals surface area contributed by atoms with Crippen molar-refractivity contribution in [3.8, 4) is 0 Å². The predicted octanol–water partition coefficient (Wildman–Crippen LogP) is 2.80. The minimum atomic E-state index is -0.349. The Kier molecular flexibility index (Phi) is 5.09. The van der Waals surface area contributed by atoms with Crippen molar-refractivity contribution in [2.75, 3.05) is 0 Å². The number of carbonyl (C=O) groups excluding carboxylic acids is 1. The molecule has 0 atom stereocenters. The third-order valence-corrected chi connectivity index (χ3v) is 2.73. The zero-order valence-corrected chi connectivity index (χ0v) is 10.3. The second-order valence-corrected chi connectivity index (χ2v) is 4.75. The molecule has 90 valence electrons. The van der Waals surface area contributed by atoms with Gasteiger partial charge in [0.2, 0.25) is 5.91 Å². The average Bonchev–Trinajstić information content (AvgIpc) is 2.65. The van der Waals surface area contributed by atoms with Gasteiger partial charge >= 0.3 is 0 Å². The molecule has 1 amide bonds. The largest absolute Gasteiger partial charge is 0.366 e. The molecule has 0 unspecified atom stereocenters. The van der Waals surface area contributed by atoms with Crippen LogP contribution in [0.15, 0.2) is 18.5 Å². The van der Waals surface area contributed by atoms with Gasteiger partial charge in [-0.3, -0.25) is 4.79 Å². The van der Waals surface area contributed by atoms with Crippen molar-refractivity contribution in [1.29, 1.82) is 0 Å². The molecule has 1 aromatic heterocycles. The lowest BCUT2D eigenvalue weighted by Crippen LogP contribution is -2.09. The van der Waals surface area contributed by atoms with E-state index in [0.29, 0.717) is 5.56 Å². The van der Waals surface area contributed by atoms with Crippen molar-refractivity contribution in [3.05, 3.63) is 24.0 Å². The maximum Gasteiger partial charge on any atom is 0.250 e. The third-order valence-electron chi connectivity index (χ3n) is 2.73. The zero-order valence-electron chi connectivity index (χ0n) is 10.3. The van der Waals surface area contributed by atoms with Gasteiger partial charge in [-0.15, -0.1) is 0 Å². The molecule has 0 aliphatic carbocycles. The lowest BCUT2D eigenvalue weighted by Gasteiger charge is -2.05. The van der Waals surface area contributed by atoms with Gasteiger partial charge in [0.05, 0.1) is 5.56 Å². The molecule has 1 heterocycles. The fourth-order valence-electron chi connectivity index (χ4n) is 1.75. The van der Waals surface area contributed by atoms with Crippen LogP contribution in [0.5, 0.6) is 0 Å². The van der Waals surface area contributed by atoms with Gasteiger partial charge in [0.1, 0.15) is 0 Å². The van der Waals surface area contributed by atoms with E-state index in [2.05, 4.69) is 13.8 Å². The highest BCUT2D eigenvalue weighted by Gasteiger charge is 2.01. The van der Waals surface area contributed by atoms with Crippen LogP contribution >= 0.6 is 0 Å². The number of rotatable bonds is 7. The van der Waals surface area contributed by atoms with Gasteiger partial charge in [0, 0.05) is 18.9 Å². The van der Waals surface area contributed by atoms with Crippen LogP contribution < -0.4 is 5.73 Å². The number of aromatic nitrogens is 1. The lowest BCUT2D eigenvalue weighted by atomic mass is 10.1. The number of nitrogens with two attached hydrogens (primary N) is 1. The normalized spacial score (nSPS) is 10.9. The van der Waals surface area contributed by atoms with E-state index in [1.165, 1.54) is 25.7 Å². The Balaban J connectivity index is 2.19. The molecule has 3 nitrogen and oxygen atoms in total. The summed E-state index contributed by atoms with van der Waals surface area (Å²) in [6.45, 7) is 5.49. The van der Waals surface area contributed by atoms with E-state index in [0.717, 1.165) is 12.5 Å². The fourth-order valence-corrected chi connectivity index (χ4v) is 1.75. The number of unbranched alkanes of at least 4 members (excludes halogenated alkanes) is 2. The van der Waals surface area contributed by atoms with Gasteiger partial charge in [-0.25, -0.2) is 0 Å². The average molecular weight is 222 g/mol. The highest BCUT2D eigenvalue weighted by molar-refractivity contribution is 5.92. The van der Waals surface area contributed by atoms with E-state index in [-0.39, 0.29) is 5.91 Å². The molecular weight excluding hydrogens is 200 g/mol. The summed E-state index contributed by atoms with van der Waals surface area (Å²) in [7, 11) is 0. The Morgan fingerprint density at radius 1 is 1.38 bits per heavy atom. The topological polar surface area (TPSA) is 48.0 Å². The standard InChI is InChI=1S/C13H22N2O/c1-11(2)6-4-3-5-8-15-9-7-12(10-15)13(14)16/h7,9-11H,3-6,8H2,1-2H3,(H2,14,16). The van der Waals surface area contributed by atoms with Crippen molar-refractivity contribution < 1.29 is 4.79 Å². The maximum atomic E-state index is 10.9. The van der Waals surface area contributed by atoms with Gasteiger partial charge < -0.3 is 10.3 Å². The number of primary amides is 1. The van der Waals surface area contributed by atoms with E-state index < -0.39 is 0 Å². The molecule has 0 aliphatic rings. The van der Waals surface area contributed by atoms with Crippen molar-refractivity contribution in [1.82, 2.24) is 4.57 Å². The van der Waals surface area contributed by atoms with Crippen LogP contribution in [-0.4, -0.2) is 10.5 Å². The van der Waals surface area contributed by atoms with E-state index in [1.54, 1.807) is 6.07 Å². The van der Waals surface area contributed by atoms with E-state index >= 15 is 0 Å². The molecule has 0 spiro atoms. The quantitative estimate of drug-likeness (QED) is 0.708. The molecule has 3 heteroatoms. The van der Waals surface area contributed by atoms with Crippen LogP contribution in [0.3, 0.4) is 0 Å². The summed E-state index contributed by atoms with van der Waals surface area (Å²) in [4.78, 5) is 10.9. The fraction of sp³-hybridized carbons (Fsp3) is 0.615. The molecule has 0 saturated heterocycles. The van der Waals surface area contributed by atoms with Crippen LogP contribution in [0.4, 0.5) is 0 Å². The highest BCUT2D eigenvalue weighted by Crippen LogP contribution is 2.09. The highest BCUT2D eigenvalue weighted by atomic mass is 16.1. The Morgan fingerprint density at radius 3 is 2.69 bits per heavy atom. The van der Waals surface area contributed by atoms with Crippen molar-refractivity contribution in [2.24, 2.45) is 11.7 Å². The molecular formula is C13H22N2O. The summed E-state index contributed by atoms with van der Waals surface area (Å²) < 4.78 is 2.04. The van der Waals surface area contributed by atoms with Crippen LogP contribution in [0.2, 0.25) is 0 Å². The molecule has 1 aromatic rings. The molecule has 16 heavy (non-hydrogen) atoms. The van der Waals surface area contributed by atoms with Crippen LogP contribution in [-0.2, 0) is 6.54 Å². The van der Waals surface area contributed by atoms with Crippen LogP contribution in [0.1, 0.15) is 49.9 Å². The molecule has 0 radical (unpaired) electrons. The first-order valence-corrected chi connectivity index (χ1v) is 6.05. The number of hydrogen-bond acceptors (Lipinski definition) is 1. The smallest absolute Gasteiger partial charge is 0.250 e. The van der Waals surface area contributed by atoms with Gasteiger partial charge in [0.15, 0.2) is 0 Å². The second kappa shape index (κ2) is 6.36. The Bertz CT molecular complexity index is 328. The molecule has 0 aromatic carbocycles. The van der Waals surface area contributed by atoms with E-state index in [4.69, 9.17) is 5.73 Å². The first kappa shape index (κ1) is 12.8. The maximum absolute atomic E-state index is 10.9. The van der Waals surface area contributed by atoms with Crippen molar-refractivity contribution in [3.63, 3.8) is 0 Å². The summed E-state index contributed by atoms with van der Waals surface area (Å²) in [5, 5.41) is 0. The summed E-state index contributed by atoms with van der Waals surface area (Å²) in [6, 6.07) is 1.77. The van der Waals surface area contributed by atoms with Crippen LogP contribution in [0.25, 0.3) is 0 Å². The Morgan fingerprint density at radius 2 is 2.12 bits per heavy atom. The van der Waals surface area contributed by atoms with Crippen molar-refractivity contribution in [2.45, 2.75) is 46.1 Å². The summed E-state index contributed by atoms with van der Waals surface area (Å²) in [5.74, 6) is 0.451. The van der Waals surface area contributed by atoms with E-state index in [1.807, 2.05) is 17.0 Å². The molecule has 0 saturated carbocycles. The summed E-state index contributed by atoms with van der Waals surface area (Å²) >= 11 is 0. The molecule has 0 aliphatic heterocycles. The minimum absolute atomic E-state index is 0.349. The number of carbonyl (C=O) groups is 1. The second-order valence-electron chi connectivity index (χ2n) is 4.75. The third kappa shape index (κ3) is 4.51. The summed E-state index contributed by atoms with van der Waals surface area (Å²) in [6.07, 6.45) is 8.76. The molecule has 0 bridgehead atoms. The molecule has 0 fully saturated rings. The van der Waals surface area contributed by atoms with Gasteiger partial charge in [-0.05, 0) is 18.4 Å². The zero-order chi connectivity index (χ0) is 12.0. The predicted molar refractivity (Wildman–Crippen MR) is 66.3 cm³/mol. The molecule has 2 N–H and O–H groups in total. The first-order chi connectivity index (χ1) is 7.59. The number of hydrogen-bond donors (Lipinski definition) is 1. The van der Waals surface area contributed by atoms with E-state index in [9.17, 15) is 4.79 Å². The molecule has 1 rings (SSSR count). The SMILES string of the molecule is CC(C)CCCCCn1ccc(C(N)=O)c1. The van der Waals surface area contributed by atoms with Crippen molar-refractivity contribution >= 4 is 5.91 Å². The van der Waals surface area contributed by atoms with Gasteiger partial charge in [0.25, 0.3) is 0 Å².